The van der Waals surface area contributed by atoms with Crippen molar-refractivity contribution in [3.8, 4) is 0 Å². The van der Waals surface area contributed by atoms with Gasteiger partial charge in [-0.15, -0.1) is 0 Å². The lowest BCUT2D eigenvalue weighted by atomic mass is 10.0. The van der Waals surface area contributed by atoms with Crippen molar-refractivity contribution in [3.05, 3.63) is 63.6 Å². The van der Waals surface area contributed by atoms with Gasteiger partial charge in [0, 0.05) is 17.3 Å². The second-order valence-corrected chi connectivity index (χ2v) is 6.22. The van der Waals surface area contributed by atoms with Crippen LogP contribution in [0.2, 0.25) is 0 Å². The molecule has 0 bridgehead atoms. The Hall–Kier alpha value is -1.95. The van der Waals surface area contributed by atoms with Gasteiger partial charge in [-0.3, -0.25) is 9.79 Å². The van der Waals surface area contributed by atoms with Crippen LogP contribution in [-0.4, -0.2) is 11.5 Å². The molecular weight excluding hydrogens is 371 g/mol. The second kappa shape index (κ2) is 5.92. The van der Waals surface area contributed by atoms with E-state index in [1.165, 1.54) is 6.07 Å². The molecule has 0 spiro atoms. The molecule has 0 saturated heterocycles. The predicted molar refractivity (Wildman–Crippen MR) is 85.1 cm³/mol. The van der Waals surface area contributed by atoms with Crippen molar-refractivity contribution in [2.75, 3.05) is 0 Å². The zero-order valence-corrected chi connectivity index (χ0v) is 13.4. The lowest BCUT2D eigenvalue weighted by Crippen LogP contribution is -2.11. The largest absolute Gasteiger partial charge is 0.416 e. The van der Waals surface area contributed by atoms with E-state index >= 15 is 0 Å². The van der Waals surface area contributed by atoms with Gasteiger partial charge in [-0.05, 0) is 35.4 Å². The van der Waals surface area contributed by atoms with Gasteiger partial charge in [-0.25, -0.2) is 0 Å². The van der Waals surface area contributed by atoms with Crippen molar-refractivity contribution in [1.82, 2.24) is 0 Å². The summed E-state index contributed by atoms with van der Waals surface area (Å²) in [6.07, 6.45) is -4.17. The molecule has 0 N–H and O–H groups in total. The van der Waals surface area contributed by atoms with Crippen molar-refractivity contribution in [3.63, 3.8) is 0 Å². The van der Waals surface area contributed by atoms with Crippen molar-refractivity contribution in [1.29, 1.82) is 0 Å². The highest BCUT2D eigenvalue weighted by molar-refractivity contribution is 9.10. The number of hydrogen-bond donors (Lipinski definition) is 0. The summed E-state index contributed by atoms with van der Waals surface area (Å²) < 4.78 is 39.4. The van der Waals surface area contributed by atoms with E-state index in [0.29, 0.717) is 17.0 Å². The Bertz CT molecular complexity index is 812. The number of alkyl halides is 3. The summed E-state index contributed by atoms with van der Waals surface area (Å²) in [7, 11) is 0. The molecule has 0 unspecified atom stereocenters. The fraction of sp³-hybridized carbons (Fsp3) is 0.176. The maximum atomic E-state index is 12.9. The fourth-order valence-corrected chi connectivity index (χ4v) is 2.83. The van der Waals surface area contributed by atoms with Gasteiger partial charge in [-0.1, -0.05) is 34.1 Å². The van der Waals surface area contributed by atoms with Gasteiger partial charge in [-0.2, -0.15) is 13.2 Å². The fourth-order valence-electron chi connectivity index (χ4n) is 2.48. The SMILES string of the molecule is O=C1CC(c2cccc(C(F)(F)F)c2)=Nc2cc(Br)ccc2C1. The van der Waals surface area contributed by atoms with Crippen molar-refractivity contribution in [2.24, 2.45) is 4.99 Å². The van der Waals surface area contributed by atoms with Gasteiger partial charge in [0.15, 0.2) is 0 Å². The minimum absolute atomic E-state index is 0.0214. The molecule has 0 amide bonds. The molecular formula is C17H11BrF3NO. The monoisotopic (exact) mass is 381 g/mol. The quantitative estimate of drug-likeness (QED) is 0.675. The molecule has 0 saturated carbocycles. The van der Waals surface area contributed by atoms with Gasteiger partial charge in [0.1, 0.15) is 5.78 Å². The van der Waals surface area contributed by atoms with Crippen LogP contribution in [0.1, 0.15) is 23.1 Å². The van der Waals surface area contributed by atoms with Crippen molar-refractivity contribution in [2.45, 2.75) is 19.0 Å². The zero-order chi connectivity index (χ0) is 16.6. The summed E-state index contributed by atoms with van der Waals surface area (Å²) in [5, 5.41) is 0. The van der Waals surface area contributed by atoms with Gasteiger partial charge in [0.05, 0.1) is 17.0 Å². The zero-order valence-electron chi connectivity index (χ0n) is 11.8. The molecule has 2 nitrogen and oxygen atoms in total. The number of rotatable bonds is 1. The molecule has 6 heteroatoms. The molecule has 0 aromatic heterocycles. The van der Waals surface area contributed by atoms with Crippen LogP contribution in [0.15, 0.2) is 51.9 Å². The number of halogens is 4. The van der Waals surface area contributed by atoms with Gasteiger partial charge in [0.2, 0.25) is 0 Å². The highest BCUT2D eigenvalue weighted by atomic mass is 79.9. The maximum Gasteiger partial charge on any atom is 0.416 e. The van der Waals surface area contributed by atoms with E-state index < -0.39 is 11.7 Å². The third-order valence-electron chi connectivity index (χ3n) is 3.58. The Morgan fingerprint density at radius 3 is 2.57 bits per heavy atom. The Morgan fingerprint density at radius 2 is 1.83 bits per heavy atom. The van der Waals surface area contributed by atoms with Crippen LogP contribution in [0.5, 0.6) is 0 Å². The van der Waals surface area contributed by atoms with Gasteiger partial charge < -0.3 is 0 Å². The smallest absolute Gasteiger partial charge is 0.299 e. The van der Waals surface area contributed by atoms with Crippen LogP contribution in [0.25, 0.3) is 0 Å². The molecule has 2 aromatic carbocycles. The van der Waals surface area contributed by atoms with E-state index in [1.54, 1.807) is 18.2 Å². The highest BCUT2D eigenvalue weighted by Crippen LogP contribution is 2.32. The Morgan fingerprint density at radius 1 is 1.04 bits per heavy atom. The standard InChI is InChI=1S/C17H11BrF3NO/c18-13-5-4-11-7-14(23)9-16(22-15(11)8-13)10-2-1-3-12(6-10)17(19,20)21/h1-6,8H,7,9H2. The van der Waals surface area contributed by atoms with Gasteiger partial charge in [0.25, 0.3) is 0 Å². The lowest BCUT2D eigenvalue weighted by Gasteiger charge is -2.09. The predicted octanol–water partition coefficient (Wildman–Crippen LogP) is 5.10. The summed E-state index contributed by atoms with van der Waals surface area (Å²) in [5.41, 5.74) is 1.32. The first-order chi connectivity index (χ1) is 10.8. The number of fused-ring (bicyclic) bond motifs is 1. The molecule has 23 heavy (non-hydrogen) atoms. The Labute approximate surface area is 139 Å². The number of Topliss-reactive ketones (excluding diaryl/α,β-unsaturated/α-hetero) is 1. The van der Waals surface area contributed by atoms with E-state index in [4.69, 9.17) is 0 Å². The van der Waals surface area contributed by atoms with E-state index in [2.05, 4.69) is 20.9 Å². The molecule has 0 atom stereocenters. The lowest BCUT2D eigenvalue weighted by molar-refractivity contribution is -0.137. The third-order valence-corrected chi connectivity index (χ3v) is 4.07. The molecule has 0 aliphatic carbocycles. The minimum atomic E-state index is -4.42. The number of nitrogens with zero attached hydrogens (tertiary/aromatic N) is 1. The van der Waals surface area contributed by atoms with Crippen LogP contribution >= 0.6 is 15.9 Å². The average molecular weight is 382 g/mol. The number of aliphatic imine (C=N–C) groups is 1. The van der Waals surface area contributed by atoms with E-state index in [-0.39, 0.29) is 18.6 Å². The number of hydrogen-bond acceptors (Lipinski definition) is 2. The summed E-state index contributed by atoms with van der Waals surface area (Å²) in [5.74, 6) is -0.0674. The van der Waals surface area contributed by atoms with E-state index in [9.17, 15) is 18.0 Å². The molecule has 0 fully saturated rings. The molecule has 118 valence electrons. The topological polar surface area (TPSA) is 29.4 Å². The number of carbonyl (C=O) groups is 1. The summed E-state index contributed by atoms with van der Waals surface area (Å²) in [6.45, 7) is 0. The molecule has 2 aromatic rings. The van der Waals surface area contributed by atoms with Crippen LogP contribution in [0.4, 0.5) is 18.9 Å². The Kier molecular flexibility index (Phi) is 4.10. The van der Waals surface area contributed by atoms with Crippen LogP contribution in [0.3, 0.4) is 0 Å². The molecule has 0 radical (unpaired) electrons. The summed E-state index contributed by atoms with van der Waals surface area (Å²) >= 11 is 3.34. The van der Waals surface area contributed by atoms with Crippen LogP contribution < -0.4 is 0 Å². The average Bonchev–Trinajstić information content (AvgIpc) is 2.64. The second-order valence-electron chi connectivity index (χ2n) is 5.30. The molecule has 1 aliphatic rings. The molecule has 1 aliphatic heterocycles. The van der Waals surface area contributed by atoms with E-state index in [0.717, 1.165) is 22.2 Å². The Balaban J connectivity index is 2.10. The molecule has 1 heterocycles. The highest BCUT2D eigenvalue weighted by Gasteiger charge is 2.31. The van der Waals surface area contributed by atoms with Gasteiger partial charge >= 0.3 is 6.18 Å². The van der Waals surface area contributed by atoms with Crippen molar-refractivity contribution >= 4 is 33.1 Å². The first-order valence-corrected chi connectivity index (χ1v) is 7.67. The van der Waals surface area contributed by atoms with E-state index in [1.807, 2.05) is 6.07 Å². The first kappa shape index (κ1) is 15.9. The number of ketones is 1. The number of benzene rings is 2. The first-order valence-electron chi connectivity index (χ1n) is 6.88. The molecule has 3 rings (SSSR count). The summed E-state index contributed by atoms with van der Waals surface area (Å²) in [4.78, 5) is 16.5. The van der Waals surface area contributed by atoms with Crippen LogP contribution in [0, 0.1) is 0 Å². The number of carbonyl (C=O) groups excluding carboxylic acids is 1. The minimum Gasteiger partial charge on any atom is -0.299 e. The van der Waals surface area contributed by atoms with Crippen molar-refractivity contribution < 1.29 is 18.0 Å². The normalized spacial score (nSPS) is 15.0. The van der Waals surface area contributed by atoms with Crippen LogP contribution in [-0.2, 0) is 17.4 Å². The maximum absolute atomic E-state index is 12.9. The summed E-state index contributed by atoms with van der Waals surface area (Å²) in [6, 6.07) is 10.3. The third kappa shape index (κ3) is 3.52.